The third-order valence-electron chi connectivity index (χ3n) is 4.89. The van der Waals surface area contributed by atoms with Gasteiger partial charge in [0.15, 0.2) is 11.0 Å². The zero-order valence-electron chi connectivity index (χ0n) is 17.9. The predicted octanol–water partition coefficient (Wildman–Crippen LogP) is 4.99. The maximum atomic E-state index is 5.54. The summed E-state index contributed by atoms with van der Waals surface area (Å²) in [6.07, 6.45) is 3.21. The minimum atomic E-state index is -0.0168. The van der Waals surface area contributed by atoms with Crippen molar-refractivity contribution in [1.82, 2.24) is 29.8 Å². The summed E-state index contributed by atoms with van der Waals surface area (Å²) in [6, 6.07) is 10.1. The lowest BCUT2D eigenvalue weighted by Crippen LogP contribution is -2.23. The van der Waals surface area contributed by atoms with Crippen LogP contribution in [-0.2, 0) is 6.54 Å². The molecule has 3 aromatic rings. The lowest BCUT2D eigenvalue weighted by Gasteiger charge is -2.23. The highest BCUT2D eigenvalue weighted by atomic mass is 32.2. The summed E-state index contributed by atoms with van der Waals surface area (Å²) in [5, 5.41) is 14.1. The molecule has 156 valence electrons. The Bertz CT molecular complexity index is 892. The fourth-order valence-corrected chi connectivity index (χ4v) is 4.16. The van der Waals surface area contributed by atoms with Gasteiger partial charge >= 0.3 is 0 Å². The van der Waals surface area contributed by atoms with Crippen molar-refractivity contribution >= 4 is 11.8 Å². The van der Waals surface area contributed by atoms with E-state index in [1.807, 2.05) is 30.3 Å². The summed E-state index contributed by atoms with van der Waals surface area (Å²) in [5.74, 6) is 2.23. The second kappa shape index (κ2) is 10.0. The second-order valence-corrected chi connectivity index (χ2v) is 8.62. The van der Waals surface area contributed by atoms with Gasteiger partial charge in [-0.2, -0.15) is 4.98 Å². The Kier molecular flexibility index (Phi) is 7.44. The first-order valence-corrected chi connectivity index (χ1v) is 11.1. The van der Waals surface area contributed by atoms with Gasteiger partial charge in [0, 0.05) is 12.1 Å². The summed E-state index contributed by atoms with van der Waals surface area (Å²) in [7, 11) is 4.18. The second-order valence-electron chi connectivity index (χ2n) is 7.32. The number of nitrogens with zero attached hydrogens (tertiary/aromatic N) is 6. The number of hydrogen-bond acceptors (Lipinski definition) is 7. The summed E-state index contributed by atoms with van der Waals surface area (Å²) < 4.78 is 7.80. The third kappa shape index (κ3) is 5.05. The van der Waals surface area contributed by atoms with Crippen LogP contribution >= 0.6 is 11.8 Å². The Morgan fingerprint density at radius 1 is 1.14 bits per heavy atom. The van der Waals surface area contributed by atoms with Crippen LogP contribution in [0.3, 0.4) is 0 Å². The van der Waals surface area contributed by atoms with Gasteiger partial charge < -0.3 is 9.09 Å². The largest absolute Gasteiger partial charge is 0.338 e. The first-order valence-electron chi connectivity index (χ1n) is 10.2. The van der Waals surface area contributed by atoms with Crippen LogP contribution in [-0.4, -0.2) is 43.9 Å². The highest BCUT2D eigenvalue weighted by Gasteiger charge is 2.25. The normalized spacial score (nSPS) is 13.7. The molecule has 7 nitrogen and oxygen atoms in total. The molecule has 0 bridgehead atoms. The number of aromatic nitrogens is 5. The summed E-state index contributed by atoms with van der Waals surface area (Å²) in [6.45, 7) is 7.36. The average Bonchev–Trinajstić information content (AvgIpc) is 3.36. The molecule has 2 atom stereocenters. The quantitative estimate of drug-likeness (QED) is 0.432. The minimum Gasteiger partial charge on any atom is -0.338 e. The van der Waals surface area contributed by atoms with Crippen molar-refractivity contribution in [3.63, 3.8) is 0 Å². The van der Waals surface area contributed by atoms with E-state index in [1.54, 1.807) is 11.8 Å². The van der Waals surface area contributed by atoms with Crippen LogP contribution in [0.5, 0.6) is 0 Å². The van der Waals surface area contributed by atoms with Crippen LogP contribution in [0.4, 0.5) is 0 Å². The maximum Gasteiger partial charge on any atom is 0.240 e. The Labute approximate surface area is 176 Å². The molecule has 0 fully saturated rings. The number of benzene rings is 1. The lowest BCUT2D eigenvalue weighted by molar-refractivity contribution is 0.270. The summed E-state index contributed by atoms with van der Waals surface area (Å²) >= 11 is 1.62. The molecule has 0 aliphatic carbocycles. The van der Waals surface area contributed by atoms with Crippen molar-refractivity contribution in [2.24, 2.45) is 0 Å². The Morgan fingerprint density at radius 3 is 2.55 bits per heavy atom. The van der Waals surface area contributed by atoms with E-state index in [2.05, 4.69) is 64.7 Å². The van der Waals surface area contributed by atoms with Gasteiger partial charge in [0.2, 0.25) is 11.7 Å². The molecule has 0 radical (unpaired) electrons. The Balaban J connectivity index is 1.82. The molecule has 0 saturated heterocycles. The van der Waals surface area contributed by atoms with Crippen molar-refractivity contribution in [3.8, 4) is 11.4 Å². The van der Waals surface area contributed by atoms with E-state index in [0.717, 1.165) is 42.4 Å². The van der Waals surface area contributed by atoms with E-state index < -0.39 is 0 Å². The van der Waals surface area contributed by atoms with Crippen molar-refractivity contribution in [2.75, 3.05) is 14.1 Å². The highest BCUT2D eigenvalue weighted by molar-refractivity contribution is 7.99. The molecule has 8 heteroatoms. The maximum absolute atomic E-state index is 5.54. The molecule has 2 aromatic heterocycles. The van der Waals surface area contributed by atoms with E-state index in [9.17, 15) is 0 Å². The standard InChI is InChI=1S/C21H30N6OS/c1-6-8-14-27-19(17(7-2)26(4)5)23-24-21(27)29-15(3)20-22-18(25-28-20)16-12-10-9-11-13-16/h9-13,15,17H,6-8,14H2,1-5H3. The predicted molar refractivity (Wildman–Crippen MR) is 116 cm³/mol. The zero-order chi connectivity index (χ0) is 20.8. The van der Waals surface area contributed by atoms with E-state index in [1.165, 1.54) is 0 Å². The molecular formula is C21H30N6OS. The van der Waals surface area contributed by atoms with Gasteiger partial charge in [-0.15, -0.1) is 10.2 Å². The van der Waals surface area contributed by atoms with Crippen molar-refractivity contribution in [3.05, 3.63) is 42.0 Å². The Morgan fingerprint density at radius 2 is 1.90 bits per heavy atom. The first-order chi connectivity index (χ1) is 14.0. The SMILES string of the molecule is CCCCn1c(SC(C)c2nc(-c3ccccc3)no2)nnc1C(CC)N(C)C. The van der Waals surface area contributed by atoms with Gasteiger partial charge in [-0.1, -0.05) is 67.5 Å². The molecule has 1 aromatic carbocycles. The van der Waals surface area contributed by atoms with Crippen LogP contribution in [0.25, 0.3) is 11.4 Å². The Hall–Kier alpha value is -2.19. The minimum absolute atomic E-state index is 0.0168. The molecule has 0 aliphatic rings. The summed E-state index contributed by atoms with van der Waals surface area (Å²) in [5.41, 5.74) is 0.949. The monoisotopic (exact) mass is 414 g/mol. The van der Waals surface area contributed by atoms with E-state index in [0.29, 0.717) is 11.7 Å². The van der Waals surface area contributed by atoms with Gasteiger partial charge in [-0.05, 0) is 33.9 Å². The molecule has 2 unspecified atom stereocenters. The van der Waals surface area contributed by atoms with Crippen molar-refractivity contribution in [2.45, 2.75) is 63.0 Å². The fraction of sp³-hybridized carbons (Fsp3) is 0.524. The van der Waals surface area contributed by atoms with Crippen LogP contribution < -0.4 is 0 Å². The molecule has 3 rings (SSSR count). The van der Waals surface area contributed by atoms with Crippen LogP contribution in [0, 0.1) is 0 Å². The number of rotatable bonds is 10. The van der Waals surface area contributed by atoms with Gasteiger partial charge in [-0.25, -0.2) is 0 Å². The average molecular weight is 415 g/mol. The van der Waals surface area contributed by atoms with Gasteiger partial charge in [0.25, 0.3) is 0 Å². The van der Waals surface area contributed by atoms with Crippen LogP contribution in [0.2, 0.25) is 0 Å². The first kappa shape index (κ1) is 21.5. The molecule has 0 spiro atoms. The van der Waals surface area contributed by atoms with E-state index in [-0.39, 0.29) is 11.3 Å². The highest BCUT2D eigenvalue weighted by Crippen LogP contribution is 2.35. The molecule has 2 heterocycles. The molecule has 0 aliphatic heterocycles. The number of unbranched alkanes of at least 4 members (excludes halogenated alkanes) is 1. The summed E-state index contributed by atoms with van der Waals surface area (Å²) in [4.78, 5) is 6.79. The topological polar surface area (TPSA) is 72.9 Å². The van der Waals surface area contributed by atoms with Crippen molar-refractivity contribution < 1.29 is 4.52 Å². The molecule has 0 saturated carbocycles. The number of thioether (sulfide) groups is 1. The number of hydrogen-bond donors (Lipinski definition) is 0. The van der Waals surface area contributed by atoms with Crippen LogP contribution in [0.1, 0.15) is 63.0 Å². The molecule has 29 heavy (non-hydrogen) atoms. The molecule has 0 amide bonds. The zero-order valence-corrected chi connectivity index (χ0v) is 18.7. The fourth-order valence-electron chi connectivity index (χ4n) is 3.25. The van der Waals surface area contributed by atoms with E-state index >= 15 is 0 Å². The van der Waals surface area contributed by atoms with Gasteiger partial charge in [0.1, 0.15) is 0 Å². The van der Waals surface area contributed by atoms with Gasteiger partial charge in [-0.3, -0.25) is 4.90 Å². The molecule has 0 N–H and O–H groups in total. The smallest absolute Gasteiger partial charge is 0.240 e. The lowest BCUT2D eigenvalue weighted by atomic mass is 10.2. The van der Waals surface area contributed by atoms with Crippen LogP contribution in [0.15, 0.2) is 40.0 Å². The molecular weight excluding hydrogens is 384 g/mol. The third-order valence-corrected chi connectivity index (χ3v) is 5.96. The van der Waals surface area contributed by atoms with Crippen molar-refractivity contribution in [1.29, 1.82) is 0 Å². The van der Waals surface area contributed by atoms with Gasteiger partial charge in [0.05, 0.1) is 11.3 Å². The van der Waals surface area contributed by atoms with E-state index in [4.69, 9.17) is 4.52 Å².